The van der Waals surface area contributed by atoms with Crippen molar-refractivity contribution < 1.29 is 0 Å². The number of rotatable bonds is 2. The molecule has 0 amide bonds. The summed E-state index contributed by atoms with van der Waals surface area (Å²) in [6, 6.07) is 79.9. The molecule has 9 aromatic carbocycles. The van der Waals surface area contributed by atoms with Crippen molar-refractivity contribution in [3.8, 4) is 39.1 Å². The van der Waals surface area contributed by atoms with Gasteiger partial charge in [-0.1, -0.05) is 194 Å². The molecule has 264 valence electrons. The highest BCUT2D eigenvalue weighted by Gasteiger charge is 2.59. The average molecular weight is 722 g/mol. The fourth-order valence-electron chi connectivity index (χ4n) is 11.5. The summed E-state index contributed by atoms with van der Waals surface area (Å²) >= 11 is 0. The molecule has 1 aromatic heterocycles. The van der Waals surface area contributed by atoms with Crippen molar-refractivity contribution in [1.82, 2.24) is 4.57 Å². The van der Waals surface area contributed by atoms with Gasteiger partial charge in [-0.05, 0) is 90.5 Å². The van der Waals surface area contributed by atoms with Gasteiger partial charge in [-0.2, -0.15) is 0 Å². The Kier molecular flexibility index (Phi) is 6.09. The largest absolute Gasteiger partial charge is 0.309 e. The third-order valence-corrected chi connectivity index (χ3v) is 13.5. The normalized spacial score (nSPS) is 14.6. The standard InChI is InChI=1S/C56H35N/c1-2-17-36(18-3-1)37-19-16-20-38(35-37)57-52-32-15-7-23-41(52)42-33-34-51-53(54(42)57)43-24-6-10-27-46(43)56(51)49-30-13-11-28-47(49)55(48-29-12-14-31-50(48)56)44-25-8-4-21-39(44)40-22-5-9-26-45(40)55/h1-35H. The lowest BCUT2D eigenvalue weighted by Crippen LogP contribution is -2.43. The Morgan fingerprint density at radius 1 is 0.298 bits per heavy atom. The SMILES string of the molecule is c1ccc(-c2cccc(-n3c4ccccc4c4ccc5c(c43)-c3ccccc3C53c4ccccc4C4(c5ccccc5-c5ccccc54)c4ccccc43)c2)cc1. The highest BCUT2D eigenvalue weighted by atomic mass is 15.0. The maximum Gasteiger partial charge on any atom is 0.0720 e. The first-order valence-corrected chi connectivity index (χ1v) is 20.0. The van der Waals surface area contributed by atoms with Crippen LogP contribution in [-0.2, 0) is 10.8 Å². The molecule has 10 aromatic rings. The van der Waals surface area contributed by atoms with Crippen LogP contribution < -0.4 is 0 Å². The summed E-state index contributed by atoms with van der Waals surface area (Å²) in [6.45, 7) is 0. The van der Waals surface area contributed by atoms with Gasteiger partial charge in [0.15, 0.2) is 0 Å². The highest BCUT2D eigenvalue weighted by Crippen LogP contribution is 2.68. The first kappa shape index (κ1) is 31.0. The van der Waals surface area contributed by atoms with E-state index in [2.05, 4.69) is 217 Å². The lowest BCUT2D eigenvalue weighted by atomic mass is 9.52. The van der Waals surface area contributed by atoms with Crippen LogP contribution in [0.5, 0.6) is 0 Å². The topological polar surface area (TPSA) is 4.93 Å². The molecule has 0 atom stereocenters. The van der Waals surface area contributed by atoms with Crippen LogP contribution in [0.15, 0.2) is 212 Å². The van der Waals surface area contributed by atoms with E-state index >= 15 is 0 Å². The third-order valence-electron chi connectivity index (χ3n) is 13.5. The molecule has 2 spiro atoms. The summed E-state index contributed by atoms with van der Waals surface area (Å²) in [5, 5.41) is 2.54. The first-order valence-electron chi connectivity index (χ1n) is 20.0. The van der Waals surface area contributed by atoms with E-state index < -0.39 is 10.8 Å². The van der Waals surface area contributed by atoms with Gasteiger partial charge < -0.3 is 4.57 Å². The van der Waals surface area contributed by atoms with E-state index in [0.29, 0.717) is 0 Å². The fourth-order valence-corrected chi connectivity index (χ4v) is 11.5. The molecule has 0 radical (unpaired) electrons. The lowest BCUT2D eigenvalue weighted by Gasteiger charge is -2.48. The van der Waals surface area contributed by atoms with E-state index in [-0.39, 0.29) is 0 Å². The molecule has 1 heteroatoms. The molecular weight excluding hydrogens is 687 g/mol. The van der Waals surface area contributed by atoms with Crippen LogP contribution in [0.4, 0.5) is 0 Å². The van der Waals surface area contributed by atoms with Crippen LogP contribution in [-0.4, -0.2) is 4.57 Å². The monoisotopic (exact) mass is 721 g/mol. The van der Waals surface area contributed by atoms with E-state index in [1.807, 2.05) is 0 Å². The Hall–Kier alpha value is -7.22. The van der Waals surface area contributed by atoms with Crippen LogP contribution in [0.2, 0.25) is 0 Å². The van der Waals surface area contributed by atoms with E-state index in [4.69, 9.17) is 0 Å². The van der Waals surface area contributed by atoms with Gasteiger partial charge in [-0.3, -0.25) is 0 Å². The van der Waals surface area contributed by atoms with E-state index in [9.17, 15) is 0 Å². The summed E-state index contributed by atoms with van der Waals surface area (Å²) in [5.74, 6) is 0. The van der Waals surface area contributed by atoms with Crippen molar-refractivity contribution in [3.05, 3.63) is 257 Å². The molecule has 0 bridgehead atoms. The van der Waals surface area contributed by atoms with Crippen LogP contribution in [0.25, 0.3) is 60.9 Å². The number of fused-ring (bicyclic) bond motifs is 20. The Labute approximate surface area is 331 Å². The molecule has 0 aliphatic heterocycles. The van der Waals surface area contributed by atoms with E-state index in [1.165, 1.54) is 99.7 Å². The predicted molar refractivity (Wildman–Crippen MR) is 234 cm³/mol. The van der Waals surface area contributed by atoms with Gasteiger partial charge in [0, 0.05) is 22.0 Å². The van der Waals surface area contributed by atoms with Crippen molar-refractivity contribution in [3.63, 3.8) is 0 Å². The number of aromatic nitrogens is 1. The summed E-state index contributed by atoms with van der Waals surface area (Å²) in [5.41, 5.74) is 21.2. The van der Waals surface area contributed by atoms with Gasteiger partial charge in [0.25, 0.3) is 0 Å². The summed E-state index contributed by atoms with van der Waals surface area (Å²) in [4.78, 5) is 0. The van der Waals surface area contributed by atoms with Gasteiger partial charge in [0.2, 0.25) is 0 Å². The van der Waals surface area contributed by atoms with Crippen molar-refractivity contribution in [2.75, 3.05) is 0 Å². The Morgan fingerprint density at radius 2 is 0.772 bits per heavy atom. The fraction of sp³-hybridized carbons (Fsp3) is 0.0357. The quantitative estimate of drug-likeness (QED) is 0.167. The summed E-state index contributed by atoms with van der Waals surface area (Å²) < 4.78 is 2.54. The minimum absolute atomic E-state index is 0.458. The van der Waals surface area contributed by atoms with Gasteiger partial charge in [-0.15, -0.1) is 0 Å². The number of benzene rings is 9. The lowest BCUT2D eigenvalue weighted by molar-refractivity contribution is 0.633. The Morgan fingerprint density at radius 3 is 1.40 bits per heavy atom. The number of hydrogen-bond acceptors (Lipinski definition) is 0. The van der Waals surface area contributed by atoms with Crippen molar-refractivity contribution >= 4 is 21.8 Å². The van der Waals surface area contributed by atoms with Crippen molar-refractivity contribution in [1.29, 1.82) is 0 Å². The molecule has 0 fully saturated rings. The maximum absolute atomic E-state index is 2.54. The maximum atomic E-state index is 2.54. The highest BCUT2D eigenvalue weighted by molar-refractivity contribution is 6.16. The van der Waals surface area contributed by atoms with Gasteiger partial charge in [0.1, 0.15) is 0 Å². The van der Waals surface area contributed by atoms with Crippen LogP contribution in [0, 0.1) is 0 Å². The predicted octanol–water partition coefficient (Wildman–Crippen LogP) is 13.5. The number of para-hydroxylation sites is 1. The molecule has 0 unspecified atom stereocenters. The van der Waals surface area contributed by atoms with Gasteiger partial charge in [-0.25, -0.2) is 0 Å². The summed E-state index contributed by atoms with van der Waals surface area (Å²) in [7, 11) is 0. The minimum Gasteiger partial charge on any atom is -0.309 e. The Balaban J connectivity index is 1.19. The second-order valence-electron chi connectivity index (χ2n) is 15.9. The average Bonchev–Trinajstić information content (AvgIpc) is 3.89. The smallest absolute Gasteiger partial charge is 0.0720 e. The molecule has 0 saturated carbocycles. The van der Waals surface area contributed by atoms with Crippen LogP contribution in [0.1, 0.15) is 44.5 Å². The number of nitrogens with zero attached hydrogens (tertiary/aromatic N) is 1. The zero-order valence-corrected chi connectivity index (χ0v) is 31.2. The molecule has 3 aliphatic rings. The van der Waals surface area contributed by atoms with Crippen LogP contribution >= 0.6 is 0 Å². The number of hydrogen-bond donors (Lipinski definition) is 0. The molecule has 1 nitrogen and oxygen atoms in total. The zero-order chi connectivity index (χ0) is 37.3. The van der Waals surface area contributed by atoms with E-state index in [0.717, 1.165) is 5.69 Å². The molecule has 1 heterocycles. The third kappa shape index (κ3) is 3.70. The summed E-state index contributed by atoms with van der Waals surface area (Å²) in [6.07, 6.45) is 0. The zero-order valence-electron chi connectivity index (χ0n) is 31.2. The molecule has 0 saturated heterocycles. The molecule has 3 aliphatic carbocycles. The van der Waals surface area contributed by atoms with Crippen molar-refractivity contribution in [2.45, 2.75) is 10.8 Å². The molecule has 0 N–H and O–H groups in total. The molecule has 13 rings (SSSR count). The van der Waals surface area contributed by atoms with Crippen LogP contribution in [0.3, 0.4) is 0 Å². The van der Waals surface area contributed by atoms with Gasteiger partial charge >= 0.3 is 0 Å². The minimum atomic E-state index is -0.543. The molecule has 57 heavy (non-hydrogen) atoms. The second-order valence-corrected chi connectivity index (χ2v) is 15.9. The van der Waals surface area contributed by atoms with Gasteiger partial charge in [0.05, 0.1) is 21.9 Å². The van der Waals surface area contributed by atoms with E-state index in [1.54, 1.807) is 0 Å². The Bertz CT molecular complexity index is 3210. The first-order chi connectivity index (χ1) is 28.3. The molecular formula is C56H35N. The van der Waals surface area contributed by atoms with Crippen molar-refractivity contribution in [2.24, 2.45) is 0 Å². The second kappa shape index (κ2) is 11.2.